The first-order valence-corrected chi connectivity index (χ1v) is 8.45. The van der Waals surface area contributed by atoms with Crippen LogP contribution in [-0.4, -0.2) is 51.2 Å². The number of ether oxygens (including phenoxy) is 1. The molecule has 0 aromatic carbocycles. The first-order chi connectivity index (χ1) is 11.0. The van der Waals surface area contributed by atoms with Gasteiger partial charge in [0.05, 0.1) is 13.7 Å². The molecule has 0 bridgehead atoms. The van der Waals surface area contributed by atoms with Gasteiger partial charge in [-0.05, 0) is 5.75 Å². The standard InChI is InChI=1S/C12H16N6O3S2/c1-4-22-12-16-15-11(23-12)14-8(19)5-13-9(20)7-6-18(2)17-10(7)21-3/h6H,4-5H2,1-3H3,(H,13,20)(H,14,15,19). The smallest absolute Gasteiger partial charge is 0.258 e. The van der Waals surface area contributed by atoms with Crippen LogP contribution in [0.1, 0.15) is 17.3 Å². The Hall–Kier alpha value is -2.14. The van der Waals surface area contributed by atoms with Crippen molar-refractivity contribution < 1.29 is 14.3 Å². The van der Waals surface area contributed by atoms with Gasteiger partial charge in [0.1, 0.15) is 5.56 Å². The van der Waals surface area contributed by atoms with E-state index in [2.05, 4.69) is 25.9 Å². The molecule has 2 rings (SSSR count). The number of nitrogens with one attached hydrogen (secondary N) is 2. The zero-order valence-electron chi connectivity index (χ0n) is 12.8. The zero-order valence-corrected chi connectivity index (χ0v) is 14.5. The molecule has 23 heavy (non-hydrogen) atoms. The first kappa shape index (κ1) is 17.2. The van der Waals surface area contributed by atoms with Crippen molar-refractivity contribution >= 4 is 40.0 Å². The van der Waals surface area contributed by atoms with Crippen LogP contribution in [0.5, 0.6) is 5.88 Å². The van der Waals surface area contributed by atoms with Crippen molar-refractivity contribution in [2.24, 2.45) is 7.05 Å². The Kier molecular flexibility index (Phi) is 5.93. The average Bonchev–Trinajstić information content (AvgIpc) is 3.11. The summed E-state index contributed by atoms with van der Waals surface area (Å²) < 4.78 is 7.25. The van der Waals surface area contributed by atoms with Crippen LogP contribution < -0.4 is 15.4 Å². The zero-order chi connectivity index (χ0) is 16.8. The van der Waals surface area contributed by atoms with Gasteiger partial charge >= 0.3 is 0 Å². The number of carbonyl (C=O) groups excluding carboxylic acids is 2. The largest absolute Gasteiger partial charge is 0.479 e. The second-order valence-corrected chi connectivity index (χ2v) is 6.75. The number of thioether (sulfide) groups is 1. The lowest BCUT2D eigenvalue weighted by atomic mass is 10.3. The van der Waals surface area contributed by atoms with Gasteiger partial charge in [-0.3, -0.25) is 19.6 Å². The number of aromatic nitrogens is 4. The first-order valence-electron chi connectivity index (χ1n) is 6.65. The molecule has 2 aromatic rings. The number of amides is 2. The molecule has 124 valence electrons. The number of carbonyl (C=O) groups is 2. The molecule has 2 heterocycles. The molecule has 0 aliphatic rings. The number of anilines is 1. The van der Waals surface area contributed by atoms with Gasteiger partial charge in [-0.2, -0.15) is 0 Å². The van der Waals surface area contributed by atoms with E-state index in [1.54, 1.807) is 18.8 Å². The molecule has 0 atom stereocenters. The van der Waals surface area contributed by atoms with Gasteiger partial charge in [0.15, 0.2) is 4.34 Å². The predicted octanol–water partition coefficient (Wildman–Crippen LogP) is 0.761. The van der Waals surface area contributed by atoms with E-state index in [1.165, 1.54) is 29.3 Å². The number of aryl methyl sites for hydroxylation is 1. The van der Waals surface area contributed by atoms with Gasteiger partial charge in [-0.25, -0.2) is 0 Å². The van der Waals surface area contributed by atoms with Crippen LogP contribution in [0.3, 0.4) is 0 Å². The van der Waals surface area contributed by atoms with E-state index in [9.17, 15) is 9.59 Å². The molecule has 0 unspecified atom stereocenters. The summed E-state index contributed by atoms with van der Waals surface area (Å²) in [5.74, 6) is 0.261. The third-order valence-corrected chi connectivity index (χ3v) is 4.42. The molecule has 0 spiro atoms. The van der Waals surface area contributed by atoms with E-state index in [0.29, 0.717) is 5.13 Å². The van der Waals surface area contributed by atoms with Crippen LogP contribution in [0, 0.1) is 0 Å². The van der Waals surface area contributed by atoms with Crippen LogP contribution in [-0.2, 0) is 11.8 Å². The Morgan fingerprint density at radius 3 is 2.91 bits per heavy atom. The lowest BCUT2D eigenvalue weighted by Crippen LogP contribution is -2.32. The minimum atomic E-state index is -0.440. The van der Waals surface area contributed by atoms with E-state index in [0.717, 1.165) is 10.1 Å². The third-order valence-electron chi connectivity index (χ3n) is 2.56. The Morgan fingerprint density at radius 2 is 2.22 bits per heavy atom. The van der Waals surface area contributed by atoms with Crippen LogP contribution in [0.2, 0.25) is 0 Å². The Morgan fingerprint density at radius 1 is 1.43 bits per heavy atom. The van der Waals surface area contributed by atoms with Gasteiger partial charge < -0.3 is 10.1 Å². The summed E-state index contributed by atoms with van der Waals surface area (Å²) >= 11 is 2.83. The molecule has 0 radical (unpaired) electrons. The highest BCUT2D eigenvalue weighted by molar-refractivity contribution is 8.01. The molecular formula is C12H16N6O3S2. The van der Waals surface area contributed by atoms with E-state index in [4.69, 9.17) is 4.74 Å². The van der Waals surface area contributed by atoms with Crippen molar-refractivity contribution in [3.8, 4) is 5.88 Å². The quantitative estimate of drug-likeness (QED) is 0.556. The number of rotatable bonds is 7. The lowest BCUT2D eigenvalue weighted by molar-refractivity contribution is -0.115. The molecule has 2 amide bonds. The minimum absolute atomic E-state index is 0.188. The van der Waals surface area contributed by atoms with Crippen LogP contribution in [0.25, 0.3) is 0 Å². The molecule has 0 saturated carbocycles. The fourth-order valence-electron chi connectivity index (χ4n) is 1.64. The maximum absolute atomic E-state index is 12.0. The molecule has 0 fully saturated rings. The summed E-state index contributed by atoms with van der Waals surface area (Å²) in [7, 11) is 3.10. The van der Waals surface area contributed by atoms with Crippen molar-refractivity contribution in [3.63, 3.8) is 0 Å². The van der Waals surface area contributed by atoms with Gasteiger partial charge in [-0.1, -0.05) is 30.0 Å². The number of nitrogens with zero attached hydrogens (tertiary/aromatic N) is 4. The second kappa shape index (κ2) is 7.92. The van der Waals surface area contributed by atoms with Gasteiger partial charge in [-0.15, -0.1) is 15.3 Å². The van der Waals surface area contributed by atoms with Crippen molar-refractivity contribution in [3.05, 3.63) is 11.8 Å². The molecule has 0 aliphatic heterocycles. The van der Waals surface area contributed by atoms with Gasteiger partial charge in [0.2, 0.25) is 16.9 Å². The van der Waals surface area contributed by atoms with E-state index < -0.39 is 5.91 Å². The van der Waals surface area contributed by atoms with E-state index >= 15 is 0 Å². The molecule has 2 aromatic heterocycles. The summed E-state index contributed by atoms with van der Waals surface area (Å²) in [6, 6.07) is 0. The topological polar surface area (TPSA) is 111 Å². The molecule has 0 saturated heterocycles. The summed E-state index contributed by atoms with van der Waals surface area (Å²) in [5.41, 5.74) is 0.264. The summed E-state index contributed by atoms with van der Waals surface area (Å²) in [5, 5.41) is 17.3. The van der Waals surface area contributed by atoms with E-state index in [1.807, 2.05) is 6.92 Å². The highest BCUT2D eigenvalue weighted by Crippen LogP contribution is 2.24. The maximum Gasteiger partial charge on any atom is 0.258 e. The predicted molar refractivity (Wildman–Crippen MR) is 87.0 cm³/mol. The van der Waals surface area contributed by atoms with Crippen LogP contribution >= 0.6 is 23.1 Å². The van der Waals surface area contributed by atoms with Crippen molar-refractivity contribution in [1.82, 2.24) is 25.3 Å². The number of hydrogen-bond donors (Lipinski definition) is 2. The molecule has 11 heteroatoms. The summed E-state index contributed by atoms with van der Waals surface area (Å²) in [6.07, 6.45) is 1.52. The SMILES string of the molecule is CCSc1nnc(NC(=O)CNC(=O)c2cn(C)nc2OC)s1. The van der Waals surface area contributed by atoms with Crippen molar-refractivity contribution in [1.29, 1.82) is 0 Å². The Balaban J connectivity index is 1.86. The summed E-state index contributed by atoms with van der Waals surface area (Å²) in [6.45, 7) is 1.82. The Labute approximate surface area is 140 Å². The summed E-state index contributed by atoms with van der Waals surface area (Å²) in [4.78, 5) is 23.9. The van der Waals surface area contributed by atoms with Crippen molar-refractivity contribution in [2.45, 2.75) is 11.3 Å². The second-order valence-electron chi connectivity index (χ2n) is 4.26. The monoisotopic (exact) mass is 356 g/mol. The minimum Gasteiger partial charge on any atom is -0.479 e. The molecule has 0 aliphatic carbocycles. The molecule has 2 N–H and O–H groups in total. The lowest BCUT2D eigenvalue weighted by Gasteiger charge is -2.04. The van der Waals surface area contributed by atoms with Crippen LogP contribution in [0.15, 0.2) is 10.5 Å². The molecular weight excluding hydrogens is 340 g/mol. The average molecular weight is 356 g/mol. The highest BCUT2D eigenvalue weighted by atomic mass is 32.2. The normalized spacial score (nSPS) is 10.4. The molecule has 9 nitrogen and oxygen atoms in total. The maximum atomic E-state index is 12.0. The highest BCUT2D eigenvalue weighted by Gasteiger charge is 2.17. The number of methoxy groups -OCH3 is 1. The van der Waals surface area contributed by atoms with Crippen LogP contribution in [0.4, 0.5) is 5.13 Å². The third kappa shape index (κ3) is 4.66. The fourth-order valence-corrected chi connectivity index (χ4v) is 3.30. The van der Waals surface area contributed by atoms with Gasteiger partial charge in [0.25, 0.3) is 5.91 Å². The number of hydrogen-bond acceptors (Lipinski definition) is 8. The Bertz CT molecular complexity index is 699. The van der Waals surface area contributed by atoms with Gasteiger partial charge in [0, 0.05) is 13.2 Å². The fraction of sp³-hybridized carbons (Fsp3) is 0.417. The van der Waals surface area contributed by atoms with E-state index in [-0.39, 0.29) is 23.9 Å². The van der Waals surface area contributed by atoms with Crippen molar-refractivity contribution in [2.75, 3.05) is 24.7 Å².